The van der Waals surface area contributed by atoms with E-state index >= 15 is 0 Å². The number of amides is 1. The van der Waals surface area contributed by atoms with Gasteiger partial charge in [-0.15, -0.1) is 0 Å². The lowest BCUT2D eigenvalue weighted by atomic mass is 10.1. The maximum atomic E-state index is 12.8. The summed E-state index contributed by atoms with van der Waals surface area (Å²) in [7, 11) is 0. The Hall–Kier alpha value is -1.41. The normalized spacial score (nSPS) is 17.0. The van der Waals surface area contributed by atoms with Crippen LogP contribution < -0.4 is 10.6 Å². The first-order chi connectivity index (χ1) is 11.3. The van der Waals surface area contributed by atoms with E-state index in [2.05, 4.69) is 0 Å². The fourth-order valence-electron chi connectivity index (χ4n) is 2.67. The highest BCUT2D eigenvalue weighted by atomic mass is 32.2. The van der Waals surface area contributed by atoms with Gasteiger partial charge in [0.1, 0.15) is 0 Å². The van der Waals surface area contributed by atoms with Crippen molar-refractivity contribution in [2.45, 2.75) is 18.6 Å². The highest BCUT2D eigenvalue weighted by molar-refractivity contribution is 7.98. The van der Waals surface area contributed by atoms with Gasteiger partial charge in [-0.05, 0) is 36.6 Å². The predicted molar refractivity (Wildman–Crippen MR) is 91.2 cm³/mol. The van der Waals surface area contributed by atoms with Crippen LogP contribution >= 0.6 is 11.8 Å². The number of carbonyl (C=O) groups is 1. The van der Waals surface area contributed by atoms with E-state index in [0.29, 0.717) is 38.3 Å². The lowest BCUT2D eigenvalue weighted by Gasteiger charge is -2.37. The van der Waals surface area contributed by atoms with Crippen LogP contribution in [0.1, 0.15) is 12.0 Å². The first-order valence-corrected chi connectivity index (χ1v) is 9.18. The number of hydrogen-bond acceptors (Lipinski definition) is 4. The van der Waals surface area contributed by atoms with Crippen molar-refractivity contribution in [2.24, 2.45) is 5.73 Å². The van der Waals surface area contributed by atoms with Crippen LogP contribution in [0.5, 0.6) is 0 Å². The van der Waals surface area contributed by atoms with Gasteiger partial charge in [-0.2, -0.15) is 24.9 Å². The molecule has 0 aliphatic carbocycles. The molecule has 1 heterocycles. The van der Waals surface area contributed by atoms with E-state index in [1.807, 2.05) is 11.2 Å². The predicted octanol–water partition coefficient (Wildman–Crippen LogP) is 2.43. The topological polar surface area (TPSA) is 49.6 Å². The zero-order chi connectivity index (χ0) is 17.7. The monoisotopic (exact) mass is 361 g/mol. The summed E-state index contributed by atoms with van der Waals surface area (Å²) in [6.45, 7) is 1.95. The van der Waals surface area contributed by atoms with Crippen molar-refractivity contribution >= 4 is 23.4 Å². The van der Waals surface area contributed by atoms with E-state index < -0.39 is 17.8 Å². The number of piperazine rings is 1. The largest absolute Gasteiger partial charge is 0.416 e. The van der Waals surface area contributed by atoms with Crippen LogP contribution in [0, 0.1) is 0 Å². The molecule has 1 atom stereocenters. The zero-order valence-corrected chi connectivity index (χ0v) is 14.4. The molecule has 0 saturated carbocycles. The molecule has 8 heteroatoms. The minimum Gasteiger partial charge on any atom is -0.368 e. The van der Waals surface area contributed by atoms with E-state index in [9.17, 15) is 18.0 Å². The summed E-state index contributed by atoms with van der Waals surface area (Å²) in [4.78, 5) is 15.8. The van der Waals surface area contributed by atoms with Gasteiger partial charge in [-0.25, -0.2) is 0 Å². The molecule has 2 rings (SSSR count). The van der Waals surface area contributed by atoms with E-state index in [4.69, 9.17) is 5.73 Å². The number of nitrogens with zero attached hydrogens (tertiary/aromatic N) is 2. The molecular weight excluding hydrogens is 339 g/mol. The van der Waals surface area contributed by atoms with Crippen LogP contribution in [0.25, 0.3) is 0 Å². The summed E-state index contributed by atoms with van der Waals surface area (Å²) in [5.74, 6) is 0.754. The van der Waals surface area contributed by atoms with Crippen molar-refractivity contribution in [3.05, 3.63) is 29.8 Å². The number of rotatable bonds is 5. The number of alkyl halides is 3. The molecule has 0 aromatic heterocycles. The summed E-state index contributed by atoms with van der Waals surface area (Å²) in [5, 5.41) is 0. The minimum absolute atomic E-state index is 0.0762. The van der Waals surface area contributed by atoms with Gasteiger partial charge in [0.25, 0.3) is 0 Å². The summed E-state index contributed by atoms with van der Waals surface area (Å²) < 4.78 is 38.4. The summed E-state index contributed by atoms with van der Waals surface area (Å²) in [5.41, 5.74) is 5.78. The Bertz CT molecular complexity index is 560. The molecule has 1 aromatic rings. The van der Waals surface area contributed by atoms with Gasteiger partial charge in [0.2, 0.25) is 5.91 Å². The number of thioether (sulfide) groups is 1. The Kier molecular flexibility index (Phi) is 6.40. The number of halogens is 3. The quantitative estimate of drug-likeness (QED) is 0.875. The Morgan fingerprint density at radius 3 is 2.54 bits per heavy atom. The first-order valence-electron chi connectivity index (χ1n) is 7.78. The fourth-order valence-corrected chi connectivity index (χ4v) is 3.16. The molecule has 1 amide bonds. The molecule has 24 heavy (non-hydrogen) atoms. The molecule has 1 aromatic carbocycles. The van der Waals surface area contributed by atoms with E-state index in [1.54, 1.807) is 22.7 Å². The third-order valence-electron chi connectivity index (χ3n) is 4.08. The third-order valence-corrected chi connectivity index (χ3v) is 4.72. The summed E-state index contributed by atoms with van der Waals surface area (Å²) in [6.07, 6.45) is -1.75. The van der Waals surface area contributed by atoms with Crippen LogP contribution in [0.15, 0.2) is 24.3 Å². The van der Waals surface area contributed by atoms with Gasteiger partial charge in [0.15, 0.2) is 0 Å². The second-order valence-electron chi connectivity index (χ2n) is 5.75. The average Bonchev–Trinajstić information content (AvgIpc) is 2.58. The van der Waals surface area contributed by atoms with Crippen molar-refractivity contribution in [2.75, 3.05) is 43.1 Å². The molecule has 2 N–H and O–H groups in total. The number of hydrogen-bond donors (Lipinski definition) is 1. The van der Waals surface area contributed by atoms with E-state index in [0.717, 1.165) is 17.9 Å². The Labute approximate surface area is 144 Å². The van der Waals surface area contributed by atoms with Gasteiger partial charge in [0.05, 0.1) is 11.6 Å². The second-order valence-corrected chi connectivity index (χ2v) is 6.73. The second kappa shape index (κ2) is 8.11. The maximum Gasteiger partial charge on any atom is 0.416 e. The van der Waals surface area contributed by atoms with E-state index in [-0.39, 0.29) is 5.91 Å². The van der Waals surface area contributed by atoms with Crippen molar-refractivity contribution in [3.8, 4) is 0 Å². The van der Waals surface area contributed by atoms with Gasteiger partial charge < -0.3 is 15.5 Å². The van der Waals surface area contributed by atoms with Crippen molar-refractivity contribution < 1.29 is 18.0 Å². The van der Waals surface area contributed by atoms with Gasteiger partial charge >= 0.3 is 6.18 Å². The van der Waals surface area contributed by atoms with Crippen LogP contribution in [-0.4, -0.2) is 55.0 Å². The van der Waals surface area contributed by atoms with Crippen molar-refractivity contribution in [1.82, 2.24) is 4.90 Å². The first kappa shape index (κ1) is 18.9. The van der Waals surface area contributed by atoms with Gasteiger partial charge in [0, 0.05) is 31.9 Å². The van der Waals surface area contributed by atoms with Crippen molar-refractivity contribution in [1.29, 1.82) is 0 Å². The van der Waals surface area contributed by atoms with Crippen LogP contribution in [0.3, 0.4) is 0 Å². The third kappa shape index (κ3) is 4.80. The highest BCUT2D eigenvalue weighted by Crippen LogP contribution is 2.31. The number of anilines is 1. The number of carbonyl (C=O) groups excluding carboxylic acids is 1. The maximum absolute atomic E-state index is 12.8. The average molecular weight is 361 g/mol. The molecule has 0 spiro atoms. The molecule has 0 bridgehead atoms. The fraction of sp³-hybridized carbons (Fsp3) is 0.562. The van der Waals surface area contributed by atoms with Crippen LogP contribution in [-0.2, 0) is 11.0 Å². The smallest absolute Gasteiger partial charge is 0.368 e. The summed E-state index contributed by atoms with van der Waals surface area (Å²) in [6, 6.07) is 4.79. The summed E-state index contributed by atoms with van der Waals surface area (Å²) >= 11 is 1.64. The van der Waals surface area contributed by atoms with Gasteiger partial charge in [-0.3, -0.25) is 4.79 Å². The molecule has 0 radical (unpaired) electrons. The SMILES string of the molecule is CSCC[C@H](N)C(=O)N1CCN(c2cccc(C(F)(F)F)c2)CC1. The lowest BCUT2D eigenvalue weighted by molar-refractivity contribution is -0.137. The molecule has 1 aliphatic rings. The number of nitrogens with two attached hydrogens (primary N) is 1. The zero-order valence-electron chi connectivity index (χ0n) is 13.6. The Balaban J connectivity index is 1.94. The lowest BCUT2D eigenvalue weighted by Crippen LogP contribution is -2.53. The molecular formula is C16H22F3N3OS. The van der Waals surface area contributed by atoms with Gasteiger partial charge in [-0.1, -0.05) is 6.07 Å². The molecule has 1 saturated heterocycles. The van der Waals surface area contributed by atoms with E-state index in [1.165, 1.54) is 6.07 Å². The molecule has 1 fully saturated rings. The minimum atomic E-state index is -4.35. The molecule has 134 valence electrons. The molecule has 1 aliphatic heterocycles. The Morgan fingerprint density at radius 1 is 1.29 bits per heavy atom. The Morgan fingerprint density at radius 2 is 1.96 bits per heavy atom. The van der Waals surface area contributed by atoms with Crippen LogP contribution in [0.2, 0.25) is 0 Å². The highest BCUT2D eigenvalue weighted by Gasteiger charge is 2.31. The standard InChI is InChI=1S/C16H22F3N3OS/c1-24-10-5-14(20)15(23)22-8-6-21(7-9-22)13-4-2-3-12(11-13)16(17,18)19/h2-4,11,14H,5-10,20H2,1H3/t14-/m0/s1. The number of benzene rings is 1. The molecule has 4 nitrogen and oxygen atoms in total. The van der Waals surface area contributed by atoms with Crippen molar-refractivity contribution in [3.63, 3.8) is 0 Å². The van der Waals surface area contributed by atoms with Crippen LogP contribution in [0.4, 0.5) is 18.9 Å². The molecule has 0 unspecified atom stereocenters.